The van der Waals surface area contributed by atoms with Crippen molar-refractivity contribution in [2.24, 2.45) is 0 Å². The normalized spacial score (nSPS) is 16.2. The number of amides is 1. The predicted molar refractivity (Wildman–Crippen MR) is 110 cm³/mol. The molecule has 1 aromatic heterocycles. The lowest BCUT2D eigenvalue weighted by atomic mass is 10.0. The Labute approximate surface area is 178 Å². The number of morpholine rings is 1. The summed E-state index contributed by atoms with van der Waals surface area (Å²) in [4.78, 5) is 18.6. The number of carbonyl (C=O) groups is 1. The monoisotopic (exact) mass is 439 g/mol. The summed E-state index contributed by atoms with van der Waals surface area (Å²) in [5.41, 5.74) is 0.972. The fourth-order valence-corrected chi connectivity index (χ4v) is 4.00. The Kier molecular flexibility index (Phi) is 8.12. The van der Waals surface area contributed by atoms with Gasteiger partial charge in [0.15, 0.2) is 0 Å². The number of benzene rings is 1. The minimum absolute atomic E-state index is 0.110. The zero-order valence-corrected chi connectivity index (χ0v) is 17.2. The van der Waals surface area contributed by atoms with Crippen LogP contribution in [0.4, 0.5) is 13.2 Å². The van der Waals surface area contributed by atoms with Gasteiger partial charge < -0.3 is 10.1 Å². The number of alkyl halides is 3. The Morgan fingerprint density at radius 3 is 2.53 bits per heavy atom. The SMILES string of the molecule is O=C(CSCc1ccccn1)NCC(c1ccc(C(F)(F)F)cc1)N1CCOCC1. The van der Waals surface area contributed by atoms with Crippen molar-refractivity contribution >= 4 is 17.7 Å². The number of pyridine rings is 1. The molecule has 30 heavy (non-hydrogen) atoms. The van der Waals surface area contributed by atoms with Crippen LogP contribution in [0.5, 0.6) is 0 Å². The molecule has 1 atom stereocenters. The number of aromatic nitrogens is 1. The summed E-state index contributed by atoms with van der Waals surface area (Å²) < 4.78 is 44.0. The summed E-state index contributed by atoms with van der Waals surface area (Å²) in [6, 6.07) is 10.6. The third-order valence-corrected chi connectivity index (χ3v) is 5.78. The predicted octanol–water partition coefficient (Wildman–Crippen LogP) is 3.52. The van der Waals surface area contributed by atoms with Crippen molar-refractivity contribution in [3.63, 3.8) is 0 Å². The molecule has 5 nitrogen and oxygen atoms in total. The lowest BCUT2D eigenvalue weighted by Gasteiger charge is -2.35. The highest BCUT2D eigenvalue weighted by atomic mass is 32.2. The molecule has 0 radical (unpaired) electrons. The number of halogens is 3. The van der Waals surface area contributed by atoms with Gasteiger partial charge in [0.05, 0.1) is 36.3 Å². The molecule has 2 heterocycles. The summed E-state index contributed by atoms with van der Waals surface area (Å²) in [7, 11) is 0. The van der Waals surface area contributed by atoms with Crippen LogP contribution in [0.3, 0.4) is 0 Å². The van der Waals surface area contributed by atoms with Crippen molar-refractivity contribution < 1.29 is 22.7 Å². The van der Waals surface area contributed by atoms with E-state index >= 15 is 0 Å². The largest absolute Gasteiger partial charge is 0.416 e. The van der Waals surface area contributed by atoms with Gasteiger partial charge in [-0.15, -0.1) is 11.8 Å². The molecule has 1 fully saturated rings. The number of rotatable bonds is 8. The van der Waals surface area contributed by atoms with Gasteiger partial charge in [0.25, 0.3) is 0 Å². The maximum Gasteiger partial charge on any atom is 0.416 e. The van der Waals surface area contributed by atoms with E-state index in [-0.39, 0.29) is 11.9 Å². The minimum atomic E-state index is -4.37. The van der Waals surface area contributed by atoms with E-state index in [9.17, 15) is 18.0 Å². The maximum atomic E-state index is 12.9. The molecule has 0 saturated carbocycles. The summed E-state index contributed by atoms with van der Waals surface area (Å²) >= 11 is 1.47. The van der Waals surface area contributed by atoms with E-state index in [4.69, 9.17) is 4.74 Å². The van der Waals surface area contributed by atoms with Gasteiger partial charge >= 0.3 is 6.18 Å². The van der Waals surface area contributed by atoms with Crippen molar-refractivity contribution in [3.8, 4) is 0 Å². The molecule has 9 heteroatoms. The van der Waals surface area contributed by atoms with Crippen LogP contribution in [0.25, 0.3) is 0 Å². The van der Waals surface area contributed by atoms with Crippen molar-refractivity contribution in [1.82, 2.24) is 15.2 Å². The summed E-state index contributed by atoms with van der Waals surface area (Å²) in [5.74, 6) is 0.820. The van der Waals surface area contributed by atoms with Gasteiger partial charge in [-0.3, -0.25) is 14.7 Å². The van der Waals surface area contributed by atoms with E-state index in [1.54, 1.807) is 6.20 Å². The van der Waals surface area contributed by atoms with Crippen LogP contribution >= 0.6 is 11.8 Å². The lowest BCUT2D eigenvalue weighted by Crippen LogP contribution is -2.44. The third-order valence-electron chi connectivity index (χ3n) is 4.81. The van der Waals surface area contributed by atoms with Crippen molar-refractivity contribution in [3.05, 3.63) is 65.5 Å². The first-order chi connectivity index (χ1) is 14.4. The second kappa shape index (κ2) is 10.8. The molecular formula is C21H24F3N3O2S. The van der Waals surface area contributed by atoms with Crippen LogP contribution in [0.2, 0.25) is 0 Å². The molecule has 1 N–H and O–H groups in total. The molecule has 0 aliphatic carbocycles. The standard InChI is InChI=1S/C21H24F3N3O2S/c22-21(23,24)17-6-4-16(5-7-17)19(27-9-11-29-12-10-27)13-26-20(28)15-30-14-18-3-1-2-8-25-18/h1-8,19H,9-15H2,(H,26,28). The van der Waals surface area contributed by atoms with Gasteiger partial charge in [-0.1, -0.05) is 18.2 Å². The van der Waals surface area contributed by atoms with Crippen LogP contribution in [0, 0.1) is 0 Å². The van der Waals surface area contributed by atoms with E-state index in [2.05, 4.69) is 15.2 Å². The van der Waals surface area contributed by atoms with Gasteiger partial charge in [-0.25, -0.2) is 0 Å². The van der Waals surface area contributed by atoms with Crippen LogP contribution in [-0.2, 0) is 21.5 Å². The first-order valence-corrected chi connectivity index (χ1v) is 10.8. The number of nitrogens with zero attached hydrogens (tertiary/aromatic N) is 2. The third kappa shape index (κ3) is 6.72. The molecule has 1 aliphatic rings. The molecule has 1 aliphatic heterocycles. The van der Waals surface area contributed by atoms with Crippen molar-refractivity contribution in [1.29, 1.82) is 0 Å². The molecule has 1 amide bonds. The quantitative estimate of drug-likeness (QED) is 0.682. The lowest BCUT2D eigenvalue weighted by molar-refractivity contribution is -0.137. The Bertz CT molecular complexity index is 797. The number of thioether (sulfide) groups is 1. The average Bonchev–Trinajstić information content (AvgIpc) is 2.75. The van der Waals surface area contributed by atoms with Gasteiger partial charge in [0.1, 0.15) is 0 Å². The second-order valence-electron chi connectivity index (χ2n) is 6.90. The first-order valence-electron chi connectivity index (χ1n) is 9.67. The summed E-state index contributed by atoms with van der Waals surface area (Å²) in [6.07, 6.45) is -2.65. The maximum absolute atomic E-state index is 12.9. The fraction of sp³-hybridized carbons (Fsp3) is 0.429. The van der Waals surface area contributed by atoms with Crippen LogP contribution < -0.4 is 5.32 Å². The number of carbonyl (C=O) groups excluding carboxylic acids is 1. The van der Waals surface area contributed by atoms with Gasteiger partial charge in [-0.05, 0) is 29.8 Å². The zero-order chi connectivity index (χ0) is 21.4. The Balaban J connectivity index is 1.58. The number of ether oxygens (including phenoxy) is 1. The fourth-order valence-electron chi connectivity index (χ4n) is 3.23. The Morgan fingerprint density at radius 2 is 1.90 bits per heavy atom. The highest BCUT2D eigenvalue weighted by molar-refractivity contribution is 7.99. The molecule has 1 aromatic carbocycles. The number of hydrogen-bond acceptors (Lipinski definition) is 5. The highest BCUT2D eigenvalue weighted by Gasteiger charge is 2.31. The molecule has 1 saturated heterocycles. The van der Waals surface area contributed by atoms with E-state index in [0.717, 1.165) is 23.4 Å². The van der Waals surface area contributed by atoms with E-state index < -0.39 is 11.7 Å². The second-order valence-corrected chi connectivity index (χ2v) is 7.89. The summed E-state index contributed by atoms with van der Waals surface area (Å²) in [5, 5.41) is 2.92. The van der Waals surface area contributed by atoms with Crippen LogP contribution in [0.1, 0.15) is 22.9 Å². The van der Waals surface area contributed by atoms with E-state index in [1.165, 1.54) is 23.9 Å². The zero-order valence-electron chi connectivity index (χ0n) is 16.4. The van der Waals surface area contributed by atoms with E-state index in [1.807, 2.05) is 18.2 Å². The van der Waals surface area contributed by atoms with Crippen LogP contribution in [-0.4, -0.2) is 54.4 Å². The number of nitrogens with one attached hydrogen (secondary N) is 1. The molecule has 0 spiro atoms. The molecule has 162 valence electrons. The molecule has 2 aromatic rings. The van der Waals surface area contributed by atoms with Gasteiger partial charge in [0, 0.05) is 31.6 Å². The molecule has 0 bridgehead atoms. The number of hydrogen-bond donors (Lipinski definition) is 1. The minimum Gasteiger partial charge on any atom is -0.379 e. The van der Waals surface area contributed by atoms with Crippen LogP contribution in [0.15, 0.2) is 48.7 Å². The highest BCUT2D eigenvalue weighted by Crippen LogP contribution is 2.31. The van der Waals surface area contributed by atoms with Crippen molar-refractivity contribution in [2.45, 2.75) is 18.0 Å². The topological polar surface area (TPSA) is 54.5 Å². The average molecular weight is 440 g/mol. The molecule has 3 rings (SSSR count). The molecule has 1 unspecified atom stereocenters. The smallest absolute Gasteiger partial charge is 0.379 e. The summed E-state index contributed by atoms with van der Waals surface area (Å²) in [6.45, 7) is 2.77. The Hall–Kier alpha value is -2.10. The van der Waals surface area contributed by atoms with Gasteiger partial charge in [0.2, 0.25) is 5.91 Å². The molecular weight excluding hydrogens is 415 g/mol. The van der Waals surface area contributed by atoms with Gasteiger partial charge in [-0.2, -0.15) is 13.2 Å². The Morgan fingerprint density at radius 1 is 1.17 bits per heavy atom. The van der Waals surface area contributed by atoms with Crippen molar-refractivity contribution in [2.75, 3.05) is 38.6 Å². The van der Waals surface area contributed by atoms with E-state index in [0.29, 0.717) is 44.4 Å². The first kappa shape index (κ1) is 22.6.